The van der Waals surface area contributed by atoms with Crippen LogP contribution in [-0.4, -0.2) is 0 Å². The summed E-state index contributed by atoms with van der Waals surface area (Å²) in [5, 5.41) is 0. The molecule has 0 aromatic rings. The Morgan fingerprint density at radius 2 is 0.209 bits per heavy atom. The van der Waals surface area contributed by atoms with E-state index < -0.39 is 0 Å². The molecule has 0 aliphatic carbocycles. The molecule has 0 bridgehead atoms. The molecule has 0 heterocycles. The molecular formula is C89H232Ir2-8. The third kappa shape index (κ3) is 1340. The van der Waals surface area contributed by atoms with Gasteiger partial charge in [0.1, 0.15) is 0 Å². The van der Waals surface area contributed by atoms with E-state index >= 15 is 0 Å². The zero-order valence-electron chi connectivity index (χ0n) is 79.4. The van der Waals surface area contributed by atoms with Crippen molar-refractivity contribution in [3.05, 3.63) is 51.4 Å². The van der Waals surface area contributed by atoms with Gasteiger partial charge in [-0.25, -0.2) is 12.8 Å². The second kappa shape index (κ2) is 867. The molecular weight excluding hydrogens is 1450 g/mol. The van der Waals surface area contributed by atoms with Gasteiger partial charge in [-0.3, -0.25) is 0 Å². The molecule has 0 aliphatic heterocycles. The Morgan fingerprint density at radius 3 is 0.275 bits per heavy atom. The molecule has 0 aliphatic rings. The summed E-state index contributed by atoms with van der Waals surface area (Å²) in [5.74, 6) is 0. The van der Waals surface area contributed by atoms with Crippen molar-refractivity contribution in [2.45, 2.75) is 551 Å². The first-order valence-corrected chi connectivity index (χ1v) is 41.7. The maximum atomic E-state index is 2.25. The van der Waals surface area contributed by atoms with Gasteiger partial charge in [0.05, 0.1) is 0 Å². The molecule has 0 atom stereocenters. The molecule has 614 valence electrons. The van der Waals surface area contributed by atoms with Crippen molar-refractivity contribution in [2.24, 2.45) is 0 Å². The Kier molecular flexibility index (Phi) is 2090. The number of hydrogen-bond acceptors (Lipinski definition) is 0. The zero-order chi connectivity index (χ0) is 79.8. The Morgan fingerprint density at radius 1 is 0.132 bits per heavy atom. The molecule has 2 heteroatoms. The average molecular weight is 1690 g/mol. The maximum absolute atomic E-state index is 2.25. The first kappa shape index (κ1) is 219. The van der Waals surface area contributed by atoms with Crippen LogP contribution < -0.4 is 0 Å². The van der Waals surface area contributed by atoms with Crippen molar-refractivity contribution in [3.63, 3.8) is 0 Å². The van der Waals surface area contributed by atoms with Crippen LogP contribution in [0.25, 0.3) is 0 Å². The molecule has 0 saturated carbocycles. The van der Waals surface area contributed by atoms with E-state index in [4.69, 9.17) is 0 Å². The van der Waals surface area contributed by atoms with E-state index in [2.05, 4.69) is 134 Å². The van der Waals surface area contributed by atoms with Crippen LogP contribution in [-0.2, 0) is 40.2 Å². The van der Waals surface area contributed by atoms with Crippen molar-refractivity contribution in [1.29, 1.82) is 0 Å². The number of hydrogen-bond donors (Lipinski definition) is 0. The van der Waals surface area contributed by atoms with Gasteiger partial charge in [-0.1, -0.05) is 425 Å². The minimum atomic E-state index is 0. The van der Waals surface area contributed by atoms with Crippen LogP contribution in [0.4, 0.5) is 0 Å². The van der Waals surface area contributed by atoms with Gasteiger partial charge in [-0.2, -0.15) is 93.9 Å². The van der Waals surface area contributed by atoms with Crippen LogP contribution in [0.15, 0.2) is 0 Å². The summed E-state index contributed by atoms with van der Waals surface area (Å²) in [5.41, 5.74) is 0. The quantitative estimate of drug-likeness (QED) is 0.0749. The second-order valence-corrected chi connectivity index (χ2v) is 10.4. The monoisotopic (exact) mass is 1690 g/mol. The smallest absolute Gasteiger partial charge is 0 e. The molecule has 2 radical (unpaired) electrons. The first-order valence-electron chi connectivity index (χ1n) is 41.7. The predicted octanol–water partition coefficient (Wildman–Crippen LogP) is 40.9. The minimum Gasteiger partial charge on any atom is -0.334 e. The summed E-state index contributed by atoms with van der Waals surface area (Å²) in [6, 6.07) is 0. The van der Waals surface area contributed by atoms with Crippen molar-refractivity contribution in [1.82, 2.24) is 0 Å². The van der Waals surface area contributed by atoms with E-state index in [0.29, 0.717) is 0 Å². The minimum absolute atomic E-state index is 0. The van der Waals surface area contributed by atoms with E-state index in [9.17, 15) is 0 Å². The summed E-state index contributed by atoms with van der Waals surface area (Å²) < 4.78 is 0. The van der Waals surface area contributed by atoms with Crippen molar-refractivity contribution < 1.29 is 40.2 Å². The van der Waals surface area contributed by atoms with Gasteiger partial charge in [0.25, 0.3) is 0 Å². The van der Waals surface area contributed by atoms with Crippen molar-refractivity contribution >= 4 is 0 Å². The number of rotatable bonds is 22. The Hall–Kier alpha value is 1.30. The zero-order valence-corrected chi connectivity index (χ0v) is 84.2. The van der Waals surface area contributed by atoms with Crippen molar-refractivity contribution in [3.8, 4) is 0 Å². The van der Waals surface area contributed by atoms with E-state index in [1.165, 1.54) is 128 Å². The van der Waals surface area contributed by atoms with E-state index in [-0.39, 0.29) is 47.6 Å². The molecule has 0 saturated heterocycles. The van der Waals surface area contributed by atoms with Crippen LogP contribution in [0.5, 0.6) is 0 Å². The summed E-state index contributed by atoms with van der Waals surface area (Å²) >= 11 is 0. The molecule has 0 amide bonds. The molecule has 0 spiro atoms. The molecule has 0 N–H and O–H groups in total. The standard InChI is InChI=1S/C7H16.3C7H14.C6H14.C6H12.24C2H6.CH4.2Ir/c4*1-3-5-7-6-4-2;2*1-3-5-6-4-2;24*1-2;;;/h3-7H2,1-2H3;3*3-4H,5-7H2,1-2H3;3-6H2,1-2H3;3-4H,5-6H2,1-2H3;24*1-2H3;1H4;;/q;3*-2;;-2;;;;;;;;;;;;;;;;;;;;;;;;;;;. The Balaban J connectivity index is -0.0000000126. The van der Waals surface area contributed by atoms with Crippen LogP contribution in [0.1, 0.15) is 551 Å². The first-order chi connectivity index (χ1) is 43.5. The van der Waals surface area contributed by atoms with Crippen LogP contribution >= 0.6 is 0 Å². The normalized spacial score (nSPS) is 5.67. The van der Waals surface area contributed by atoms with E-state index in [0.717, 1.165) is 0 Å². The number of unbranched alkanes of at least 4 members (excludes halogenated alkanes) is 22. The summed E-state index contributed by atoms with van der Waals surface area (Å²) in [6.45, 7) is 122. The Labute approximate surface area is 638 Å². The van der Waals surface area contributed by atoms with Crippen LogP contribution in [0, 0.1) is 51.4 Å². The molecule has 0 unspecified atom stereocenters. The van der Waals surface area contributed by atoms with Gasteiger partial charge in [-0.05, 0) is 0 Å². The molecule has 0 aromatic heterocycles. The molecule has 0 rings (SSSR count). The van der Waals surface area contributed by atoms with Crippen LogP contribution in [0.3, 0.4) is 0 Å². The largest absolute Gasteiger partial charge is 0.334 e. The van der Waals surface area contributed by atoms with Gasteiger partial charge >= 0.3 is 0 Å². The predicted molar refractivity (Wildman–Crippen MR) is 474 cm³/mol. The van der Waals surface area contributed by atoms with Gasteiger partial charge in [0, 0.05) is 40.2 Å². The van der Waals surface area contributed by atoms with Gasteiger partial charge < -0.3 is 51.4 Å². The second-order valence-electron chi connectivity index (χ2n) is 10.4. The summed E-state index contributed by atoms with van der Waals surface area (Å²) in [7, 11) is 0. The van der Waals surface area contributed by atoms with Gasteiger partial charge in [0.15, 0.2) is 0 Å². The van der Waals surface area contributed by atoms with Crippen LogP contribution in [0.2, 0.25) is 0 Å². The van der Waals surface area contributed by atoms with Gasteiger partial charge in [0.2, 0.25) is 0 Å². The van der Waals surface area contributed by atoms with E-state index in [1.807, 2.05) is 332 Å². The fourth-order valence-corrected chi connectivity index (χ4v) is 3.09. The molecule has 0 aromatic carbocycles. The third-order valence-electron chi connectivity index (χ3n) is 5.87. The molecule has 0 fully saturated rings. The maximum Gasteiger partial charge on any atom is 0 e. The average Bonchev–Trinajstić information content (AvgIpc) is 3.68. The Bertz CT molecular complexity index is 211. The topological polar surface area (TPSA) is 0 Å². The molecule has 0 nitrogen and oxygen atoms in total. The summed E-state index contributed by atoms with van der Waals surface area (Å²) in [6.07, 6.45) is 44.2. The summed E-state index contributed by atoms with van der Waals surface area (Å²) in [4.78, 5) is 0. The third-order valence-corrected chi connectivity index (χ3v) is 5.87. The van der Waals surface area contributed by atoms with Gasteiger partial charge in [-0.15, -0.1) is 19.3 Å². The molecule has 91 heavy (non-hydrogen) atoms. The van der Waals surface area contributed by atoms with Crippen molar-refractivity contribution in [2.75, 3.05) is 0 Å². The SMILES string of the molecule is C.CC.CC.CC.CC.CC.CC.CC.CC.CC.CC.CC.CC.CC.CC.CC.CC.CC.CC.CC.CC.CC.CC.CC.CC.CCCCCC.CCCCCCC.C[CH-]CCC[CH-]C.C[CH-]CCC[CH-]C.C[CH-]CCC[CH-]C.C[CH-]CC[CH-]C.[Ir].[Ir]. The van der Waals surface area contributed by atoms with E-state index in [1.54, 1.807) is 0 Å². The fourth-order valence-electron chi connectivity index (χ4n) is 3.09. The fraction of sp³-hybridized carbons (Fsp3) is 0.910.